The Bertz CT molecular complexity index is 460. The van der Waals surface area contributed by atoms with Crippen molar-refractivity contribution >= 4 is 17.6 Å². The zero-order valence-corrected chi connectivity index (χ0v) is 11.1. The molecule has 1 aromatic carbocycles. The first-order valence-electron chi connectivity index (χ1n) is 5.83. The smallest absolute Gasteiger partial charge is 0.335 e. The van der Waals surface area contributed by atoms with E-state index in [2.05, 4.69) is 20.8 Å². The summed E-state index contributed by atoms with van der Waals surface area (Å²) < 4.78 is 0. The molecule has 0 amide bonds. The number of carbonyl (C=O) groups is 1. The molecule has 0 bridgehead atoms. The molecule has 1 aromatic rings. The number of hydrogen-bond acceptors (Lipinski definition) is 1. The highest BCUT2D eigenvalue weighted by molar-refractivity contribution is 6.31. The Labute approximate surface area is 107 Å². The van der Waals surface area contributed by atoms with Crippen LogP contribution in [-0.2, 0) is 0 Å². The van der Waals surface area contributed by atoms with Gasteiger partial charge >= 0.3 is 5.97 Å². The molecule has 2 nitrogen and oxygen atoms in total. The highest BCUT2D eigenvalue weighted by Crippen LogP contribution is 2.57. The van der Waals surface area contributed by atoms with Crippen LogP contribution in [0.5, 0.6) is 0 Å². The van der Waals surface area contributed by atoms with Gasteiger partial charge in [0.05, 0.1) is 5.56 Å². The molecular weight excluding hydrogens is 236 g/mol. The van der Waals surface area contributed by atoms with E-state index in [1.807, 2.05) is 6.07 Å². The van der Waals surface area contributed by atoms with Gasteiger partial charge in [0, 0.05) is 5.02 Å². The maximum Gasteiger partial charge on any atom is 0.335 e. The second kappa shape index (κ2) is 4.02. The standard InChI is InChI=1S/C14H17ClO2/c1-14(2,3)11-7-10(11)9-5-4-8(13(16)17)6-12(9)15/h4-6,10-11H,7H2,1-3H3,(H,16,17)/t10-,11+/m0/s1. The molecule has 0 spiro atoms. The molecule has 2 atom stereocenters. The third-order valence-corrected chi connectivity index (χ3v) is 3.88. The molecule has 0 aliphatic heterocycles. The molecule has 0 saturated heterocycles. The van der Waals surface area contributed by atoms with Crippen molar-refractivity contribution in [3.05, 3.63) is 34.3 Å². The molecule has 0 aromatic heterocycles. The number of aromatic carboxylic acids is 1. The van der Waals surface area contributed by atoms with Gasteiger partial charge < -0.3 is 5.11 Å². The molecule has 1 N–H and O–H groups in total. The van der Waals surface area contributed by atoms with Crippen molar-refractivity contribution in [2.75, 3.05) is 0 Å². The first-order chi connectivity index (χ1) is 7.80. The third kappa shape index (κ3) is 2.47. The van der Waals surface area contributed by atoms with Crippen molar-refractivity contribution in [3.8, 4) is 0 Å². The Balaban J connectivity index is 2.22. The molecule has 2 rings (SSSR count). The Morgan fingerprint density at radius 3 is 2.47 bits per heavy atom. The van der Waals surface area contributed by atoms with Gasteiger partial charge in [-0.3, -0.25) is 0 Å². The largest absolute Gasteiger partial charge is 0.478 e. The minimum atomic E-state index is -0.929. The van der Waals surface area contributed by atoms with Crippen LogP contribution in [0.25, 0.3) is 0 Å². The summed E-state index contributed by atoms with van der Waals surface area (Å²) in [4.78, 5) is 10.8. The van der Waals surface area contributed by atoms with Crippen LogP contribution in [0.1, 0.15) is 49.0 Å². The fourth-order valence-electron chi connectivity index (χ4n) is 2.46. The lowest BCUT2D eigenvalue weighted by atomic mass is 9.87. The fourth-order valence-corrected chi connectivity index (χ4v) is 2.78. The SMILES string of the molecule is CC(C)(C)[C@@H]1C[C@H]1c1ccc(C(=O)O)cc1Cl. The first kappa shape index (κ1) is 12.4. The van der Waals surface area contributed by atoms with Crippen LogP contribution in [0.3, 0.4) is 0 Å². The van der Waals surface area contributed by atoms with Crippen LogP contribution in [0.4, 0.5) is 0 Å². The topological polar surface area (TPSA) is 37.3 Å². The summed E-state index contributed by atoms with van der Waals surface area (Å²) in [7, 11) is 0. The van der Waals surface area contributed by atoms with Crippen LogP contribution in [0.2, 0.25) is 5.02 Å². The lowest BCUT2D eigenvalue weighted by Crippen LogP contribution is -2.09. The van der Waals surface area contributed by atoms with Gasteiger partial charge in [-0.25, -0.2) is 4.79 Å². The number of carboxylic acid groups (broad SMARTS) is 1. The molecule has 3 heteroatoms. The summed E-state index contributed by atoms with van der Waals surface area (Å²) in [6.45, 7) is 6.70. The quantitative estimate of drug-likeness (QED) is 0.857. The predicted molar refractivity (Wildman–Crippen MR) is 68.7 cm³/mol. The van der Waals surface area contributed by atoms with Gasteiger partial charge in [0.25, 0.3) is 0 Å². The van der Waals surface area contributed by atoms with Crippen LogP contribution in [0, 0.1) is 11.3 Å². The molecule has 1 fully saturated rings. The van der Waals surface area contributed by atoms with Crippen molar-refractivity contribution in [1.29, 1.82) is 0 Å². The summed E-state index contributed by atoms with van der Waals surface area (Å²) in [6, 6.07) is 5.06. The maximum absolute atomic E-state index is 10.8. The summed E-state index contributed by atoms with van der Waals surface area (Å²) >= 11 is 6.16. The number of rotatable bonds is 2. The van der Waals surface area contributed by atoms with Crippen LogP contribution >= 0.6 is 11.6 Å². The van der Waals surface area contributed by atoms with Gasteiger partial charge in [0.1, 0.15) is 0 Å². The van der Waals surface area contributed by atoms with Crippen molar-refractivity contribution in [2.24, 2.45) is 11.3 Å². The van der Waals surface area contributed by atoms with Gasteiger partial charge in [0.2, 0.25) is 0 Å². The normalized spacial score (nSPS) is 23.5. The minimum absolute atomic E-state index is 0.256. The lowest BCUT2D eigenvalue weighted by molar-refractivity contribution is 0.0697. The van der Waals surface area contributed by atoms with Crippen LogP contribution in [-0.4, -0.2) is 11.1 Å². The molecular formula is C14H17ClO2. The Morgan fingerprint density at radius 2 is 2.06 bits per heavy atom. The number of carboxylic acids is 1. The van der Waals surface area contributed by atoms with E-state index in [9.17, 15) is 4.79 Å². The Hall–Kier alpha value is -1.02. The summed E-state index contributed by atoms with van der Waals surface area (Å²) in [6.07, 6.45) is 1.15. The number of hydrogen-bond donors (Lipinski definition) is 1. The van der Waals surface area contributed by atoms with Gasteiger partial charge in [0.15, 0.2) is 0 Å². The second-order valence-electron chi connectivity index (χ2n) is 5.86. The zero-order chi connectivity index (χ0) is 12.8. The van der Waals surface area contributed by atoms with E-state index in [4.69, 9.17) is 16.7 Å². The molecule has 0 unspecified atom stereocenters. The predicted octanol–water partition coefficient (Wildman–Crippen LogP) is 4.19. The van der Waals surface area contributed by atoms with Crippen molar-refractivity contribution < 1.29 is 9.90 Å². The highest BCUT2D eigenvalue weighted by Gasteiger charge is 2.46. The second-order valence-corrected chi connectivity index (χ2v) is 6.26. The van der Waals surface area contributed by atoms with Crippen molar-refractivity contribution in [3.63, 3.8) is 0 Å². The fraction of sp³-hybridized carbons (Fsp3) is 0.500. The average Bonchev–Trinajstić information content (AvgIpc) is 2.96. The van der Waals surface area contributed by atoms with Crippen LogP contribution in [0.15, 0.2) is 18.2 Å². The van der Waals surface area contributed by atoms with E-state index >= 15 is 0 Å². The Morgan fingerprint density at radius 1 is 1.41 bits per heavy atom. The molecule has 17 heavy (non-hydrogen) atoms. The van der Waals surface area contributed by atoms with E-state index in [1.54, 1.807) is 12.1 Å². The number of halogens is 1. The van der Waals surface area contributed by atoms with E-state index in [1.165, 1.54) is 0 Å². The molecule has 1 saturated carbocycles. The molecule has 92 valence electrons. The van der Waals surface area contributed by atoms with E-state index in [0.29, 0.717) is 22.3 Å². The Kier molecular flexibility index (Phi) is 2.94. The third-order valence-electron chi connectivity index (χ3n) is 3.55. The summed E-state index contributed by atoms with van der Waals surface area (Å²) in [5, 5.41) is 9.46. The summed E-state index contributed by atoms with van der Waals surface area (Å²) in [5.74, 6) is 0.211. The highest BCUT2D eigenvalue weighted by atomic mass is 35.5. The van der Waals surface area contributed by atoms with Gasteiger partial charge in [-0.05, 0) is 41.4 Å². The van der Waals surface area contributed by atoms with E-state index in [0.717, 1.165) is 12.0 Å². The van der Waals surface area contributed by atoms with Crippen LogP contribution < -0.4 is 0 Å². The van der Waals surface area contributed by atoms with Gasteiger partial charge in [-0.2, -0.15) is 0 Å². The average molecular weight is 253 g/mol. The van der Waals surface area contributed by atoms with Crippen molar-refractivity contribution in [2.45, 2.75) is 33.1 Å². The van der Waals surface area contributed by atoms with Gasteiger partial charge in [-0.1, -0.05) is 38.4 Å². The molecule has 1 aliphatic carbocycles. The van der Waals surface area contributed by atoms with E-state index in [-0.39, 0.29) is 5.56 Å². The zero-order valence-electron chi connectivity index (χ0n) is 10.3. The minimum Gasteiger partial charge on any atom is -0.478 e. The first-order valence-corrected chi connectivity index (χ1v) is 6.21. The number of benzene rings is 1. The molecule has 0 heterocycles. The van der Waals surface area contributed by atoms with Crippen molar-refractivity contribution in [1.82, 2.24) is 0 Å². The lowest BCUT2D eigenvalue weighted by Gasteiger charge is -2.18. The molecule has 1 aliphatic rings. The molecule has 0 radical (unpaired) electrons. The van der Waals surface area contributed by atoms with Gasteiger partial charge in [-0.15, -0.1) is 0 Å². The summed E-state index contributed by atoms with van der Waals surface area (Å²) in [5.41, 5.74) is 1.64. The monoisotopic (exact) mass is 252 g/mol. The maximum atomic E-state index is 10.8. The van der Waals surface area contributed by atoms with E-state index < -0.39 is 5.97 Å².